The van der Waals surface area contributed by atoms with Crippen LogP contribution in [-0.2, 0) is 9.53 Å². The molecule has 0 unspecified atom stereocenters. The van der Waals surface area contributed by atoms with Crippen LogP contribution in [0.25, 0.3) is 0 Å². The van der Waals surface area contributed by atoms with Gasteiger partial charge in [0.05, 0.1) is 0 Å². The summed E-state index contributed by atoms with van der Waals surface area (Å²) in [6, 6.07) is 0. The van der Waals surface area contributed by atoms with Crippen LogP contribution in [0.5, 0.6) is 0 Å². The number of unbranched alkanes of at least 4 members (excludes halogenated alkanes) is 12. The van der Waals surface area contributed by atoms with Crippen LogP contribution in [0, 0.1) is 5.41 Å². The molecule has 0 aromatic carbocycles. The van der Waals surface area contributed by atoms with Crippen molar-refractivity contribution in [3.8, 4) is 0 Å². The Bertz CT molecular complexity index is 891. The summed E-state index contributed by atoms with van der Waals surface area (Å²) in [5.41, 5.74) is 5.64. The highest BCUT2D eigenvalue weighted by atomic mass is 16.5. The van der Waals surface area contributed by atoms with E-state index in [9.17, 15) is 4.79 Å². The summed E-state index contributed by atoms with van der Waals surface area (Å²) in [6.45, 7) is 13.8. The number of hydrogen-bond acceptors (Lipinski definition) is 2. The number of carbonyl (C=O) groups excluding carboxylic acids is 1. The van der Waals surface area contributed by atoms with E-state index in [0.717, 1.165) is 18.4 Å². The summed E-state index contributed by atoms with van der Waals surface area (Å²) in [6.07, 6.45) is 39.8. The van der Waals surface area contributed by atoms with E-state index in [4.69, 9.17) is 4.74 Å². The minimum atomic E-state index is -0.0811. The largest absolute Gasteiger partial charge is 0.461 e. The topological polar surface area (TPSA) is 26.3 Å². The predicted molar refractivity (Wildman–Crippen MR) is 181 cm³/mol. The molecule has 2 heteroatoms. The number of ether oxygens (including phenoxy) is 1. The van der Waals surface area contributed by atoms with Gasteiger partial charge in [0.1, 0.15) is 6.61 Å². The molecule has 0 aromatic heterocycles. The molecule has 1 aliphatic rings. The van der Waals surface area contributed by atoms with E-state index in [1.165, 1.54) is 113 Å². The zero-order chi connectivity index (χ0) is 30.2. The Labute approximate surface area is 255 Å². The third-order valence-electron chi connectivity index (χ3n) is 8.32. The zero-order valence-corrected chi connectivity index (χ0v) is 27.9. The first-order chi connectivity index (χ1) is 19.8. The normalized spacial score (nSPS) is 16.5. The molecule has 0 saturated heterocycles. The van der Waals surface area contributed by atoms with Crippen molar-refractivity contribution in [2.45, 2.75) is 157 Å². The molecule has 1 aliphatic carbocycles. The number of rotatable bonds is 22. The van der Waals surface area contributed by atoms with Gasteiger partial charge in [0.25, 0.3) is 0 Å². The van der Waals surface area contributed by atoms with Crippen molar-refractivity contribution in [3.63, 3.8) is 0 Å². The van der Waals surface area contributed by atoms with Gasteiger partial charge < -0.3 is 4.74 Å². The number of allylic oxidation sites excluding steroid dienone is 11. The van der Waals surface area contributed by atoms with Crippen molar-refractivity contribution in [1.29, 1.82) is 0 Å². The second kappa shape index (κ2) is 23.5. The van der Waals surface area contributed by atoms with Crippen molar-refractivity contribution in [3.05, 3.63) is 70.9 Å². The summed E-state index contributed by atoms with van der Waals surface area (Å²) >= 11 is 0. The monoisotopic (exact) mass is 564 g/mol. The van der Waals surface area contributed by atoms with Crippen LogP contribution in [0.1, 0.15) is 157 Å². The van der Waals surface area contributed by atoms with Gasteiger partial charge in [-0.25, -0.2) is 0 Å². The van der Waals surface area contributed by atoms with Crippen LogP contribution in [0.4, 0.5) is 0 Å². The lowest BCUT2D eigenvalue weighted by Gasteiger charge is -2.32. The third-order valence-corrected chi connectivity index (χ3v) is 8.32. The van der Waals surface area contributed by atoms with E-state index in [-0.39, 0.29) is 11.4 Å². The maximum absolute atomic E-state index is 12.0. The van der Waals surface area contributed by atoms with Gasteiger partial charge in [0, 0.05) is 6.42 Å². The SMILES string of the molecule is CCCCCCCCC/C=C\CCCCCCCC(=O)OC/C=C(C)/C=C/C=C(C)/C=C/C1=C(C)CCCC1(C)C. The van der Waals surface area contributed by atoms with E-state index in [0.29, 0.717) is 13.0 Å². The Morgan fingerprint density at radius 2 is 1.44 bits per heavy atom. The number of esters is 1. The van der Waals surface area contributed by atoms with Gasteiger partial charge in [-0.1, -0.05) is 138 Å². The Morgan fingerprint density at radius 1 is 0.829 bits per heavy atom. The fourth-order valence-corrected chi connectivity index (χ4v) is 5.56. The highest BCUT2D eigenvalue weighted by molar-refractivity contribution is 5.69. The lowest BCUT2D eigenvalue weighted by Crippen LogP contribution is -2.19. The average molecular weight is 565 g/mol. The first-order valence-electron chi connectivity index (χ1n) is 17.0. The molecule has 0 N–H and O–H groups in total. The molecule has 0 aliphatic heterocycles. The summed E-state index contributed by atoms with van der Waals surface area (Å²) in [5, 5.41) is 0. The predicted octanol–water partition coefficient (Wildman–Crippen LogP) is 12.5. The molecular weight excluding hydrogens is 500 g/mol. The van der Waals surface area contributed by atoms with Gasteiger partial charge in [0.2, 0.25) is 0 Å². The molecule has 41 heavy (non-hydrogen) atoms. The van der Waals surface area contributed by atoms with Crippen molar-refractivity contribution < 1.29 is 9.53 Å². The van der Waals surface area contributed by atoms with E-state index in [1.807, 2.05) is 13.0 Å². The van der Waals surface area contributed by atoms with Crippen LogP contribution in [0.15, 0.2) is 70.9 Å². The van der Waals surface area contributed by atoms with Crippen molar-refractivity contribution in [1.82, 2.24) is 0 Å². The number of carbonyl (C=O) groups is 1. The summed E-state index contributed by atoms with van der Waals surface area (Å²) < 4.78 is 5.41. The average Bonchev–Trinajstić information content (AvgIpc) is 2.92. The Kier molecular flexibility index (Phi) is 21.1. The lowest BCUT2D eigenvalue weighted by molar-refractivity contribution is -0.142. The van der Waals surface area contributed by atoms with Crippen molar-refractivity contribution >= 4 is 5.97 Å². The third kappa shape index (κ3) is 19.6. The first-order valence-corrected chi connectivity index (χ1v) is 17.0. The van der Waals surface area contributed by atoms with E-state index in [2.05, 4.69) is 77.2 Å². The fraction of sp³-hybridized carbons (Fsp3) is 0.667. The smallest absolute Gasteiger partial charge is 0.306 e. The molecule has 2 nitrogen and oxygen atoms in total. The highest BCUT2D eigenvalue weighted by Crippen LogP contribution is 2.40. The quantitative estimate of drug-likeness (QED) is 0.0565. The van der Waals surface area contributed by atoms with E-state index in [1.54, 1.807) is 0 Å². The minimum Gasteiger partial charge on any atom is -0.461 e. The second-order valence-corrected chi connectivity index (χ2v) is 12.9. The molecule has 0 amide bonds. The van der Waals surface area contributed by atoms with Crippen molar-refractivity contribution in [2.75, 3.05) is 6.61 Å². The maximum Gasteiger partial charge on any atom is 0.306 e. The van der Waals surface area contributed by atoms with Crippen LogP contribution >= 0.6 is 0 Å². The fourth-order valence-electron chi connectivity index (χ4n) is 5.56. The molecular formula is C39H64O2. The molecule has 0 heterocycles. The Balaban J connectivity index is 2.09. The van der Waals surface area contributed by atoms with Crippen LogP contribution in [0.3, 0.4) is 0 Å². The molecule has 0 spiro atoms. The van der Waals surface area contributed by atoms with Gasteiger partial charge >= 0.3 is 5.97 Å². The molecule has 0 saturated carbocycles. The van der Waals surface area contributed by atoms with Crippen molar-refractivity contribution in [2.24, 2.45) is 5.41 Å². The van der Waals surface area contributed by atoms with Crippen LogP contribution in [0.2, 0.25) is 0 Å². The second-order valence-electron chi connectivity index (χ2n) is 12.9. The molecule has 0 bridgehead atoms. The van der Waals surface area contributed by atoms with Crippen LogP contribution < -0.4 is 0 Å². The first kappa shape index (κ1) is 36.9. The van der Waals surface area contributed by atoms with Gasteiger partial charge in [0.15, 0.2) is 0 Å². The number of hydrogen-bond donors (Lipinski definition) is 0. The molecule has 0 radical (unpaired) electrons. The minimum absolute atomic E-state index is 0.0811. The lowest BCUT2D eigenvalue weighted by atomic mass is 9.72. The zero-order valence-electron chi connectivity index (χ0n) is 27.9. The van der Waals surface area contributed by atoms with Gasteiger partial charge in [-0.15, -0.1) is 0 Å². The summed E-state index contributed by atoms with van der Waals surface area (Å²) in [5.74, 6) is -0.0811. The Hall–Kier alpha value is -2.09. The summed E-state index contributed by atoms with van der Waals surface area (Å²) in [4.78, 5) is 12.0. The highest BCUT2D eigenvalue weighted by Gasteiger charge is 2.26. The Morgan fingerprint density at radius 3 is 2.07 bits per heavy atom. The molecule has 1 rings (SSSR count). The van der Waals surface area contributed by atoms with E-state index >= 15 is 0 Å². The van der Waals surface area contributed by atoms with Crippen LogP contribution in [-0.4, -0.2) is 12.6 Å². The van der Waals surface area contributed by atoms with Gasteiger partial charge in [-0.05, 0) is 89.2 Å². The van der Waals surface area contributed by atoms with E-state index < -0.39 is 0 Å². The van der Waals surface area contributed by atoms with Gasteiger partial charge in [-0.3, -0.25) is 4.79 Å². The molecule has 0 fully saturated rings. The standard InChI is InChI=1S/C39H64O2/c1-7-8-9-10-11-12-13-14-15-16-17-18-19-20-21-22-28-38(40)41-33-31-35(3)26-23-25-34(2)29-30-37-36(4)27-24-32-39(37,5)6/h15-16,23,25-26,29-31H,7-14,17-22,24,27-28,32-33H2,1-6H3/b16-15-,26-23+,30-29+,34-25+,35-31+. The summed E-state index contributed by atoms with van der Waals surface area (Å²) in [7, 11) is 0. The molecule has 0 aromatic rings. The molecule has 232 valence electrons. The van der Waals surface area contributed by atoms with Gasteiger partial charge in [-0.2, -0.15) is 0 Å². The maximum atomic E-state index is 12.0. The molecule has 0 atom stereocenters.